The van der Waals surface area contributed by atoms with Crippen molar-refractivity contribution >= 4 is 21.6 Å². The number of nitrogens with one attached hydrogen (secondary N) is 1. The van der Waals surface area contributed by atoms with Crippen LogP contribution in [0.25, 0.3) is 0 Å². The zero-order chi connectivity index (χ0) is 19.0. The smallest absolute Gasteiger partial charge is 0.225 e. The predicted molar refractivity (Wildman–Crippen MR) is 106 cm³/mol. The molecule has 0 aliphatic rings. The Labute approximate surface area is 156 Å². The molecule has 1 amide bonds. The van der Waals surface area contributed by atoms with Crippen molar-refractivity contribution in [1.29, 1.82) is 0 Å². The zero-order valence-electron chi connectivity index (χ0n) is 15.3. The number of amides is 1. The first kappa shape index (κ1) is 20.1. The van der Waals surface area contributed by atoms with E-state index in [1.54, 1.807) is 0 Å². The van der Waals surface area contributed by atoms with Crippen LogP contribution < -0.4 is 5.32 Å². The fraction of sp³-hybridized carbons (Fsp3) is 0.350. The second kappa shape index (κ2) is 9.50. The number of carbonyl (C=O) groups is 1. The molecule has 5 nitrogen and oxygen atoms in total. The molecule has 2 rings (SSSR count). The number of sulfonamides is 1. The molecule has 6 heteroatoms. The van der Waals surface area contributed by atoms with Gasteiger partial charge in [-0.2, -0.15) is 0 Å². The number of hydrogen-bond acceptors (Lipinski definition) is 3. The Morgan fingerprint density at radius 3 is 2.31 bits per heavy atom. The standard InChI is InChI=1S/C20H26N2O3S/c1-3-18-11-7-8-12-19(18)21-20(23)14-16-22(26(2,24)25)15-13-17-9-5-4-6-10-17/h4-12H,3,13-16H2,1-2H3,(H,21,23). The van der Waals surface area contributed by atoms with Gasteiger partial charge in [-0.1, -0.05) is 55.5 Å². The van der Waals surface area contributed by atoms with Crippen LogP contribution in [0.4, 0.5) is 5.69 Å². The summed E-state index contributed by atoms with van der Waals surface area (Å²) in [5.74, 6) is -0.181. The largest absolute Gasteiger partial charge is 0.326 e. The van der Waals surface area contributed by atoms with Gasteiger partial charge in [0, 0.05) is 25.2 Å². The minimum absolute atomic E-state index is 0.125. The van der Waals surface area contributed by atoms with Gasteiger partial charge in [0.2, 0.25) is 15.9 Å². The Morgan fingerprint density at radius 2 is 1.65 bits per heavy atom. The number of nitrogens with zero attached hydrogens (tertiary/aromatic N) is 1. The van der Waals surface area contributed by atoms with Crippen LogP contribution in [0.2, 0.25) is 0 Å². The summed E-state index contributed by atoms with van der Waals surface area (Å²) in [5.41, 5.74) is 2.92. The summed E-state index contributed by atoms with van der Waals surface area (Å²) in [6.45, 7) is 2.56. The normalized spacial score (nSPS) is 11.5. The number of rotatable bonds is 9. The van der Waals surface area contributed by atoms with Gasteiger partial charge in [-0.15, -0.1) is 0 Å². The summed E-state index contributed by atoms with van der Waals surface area (Å²) in [4.78, 5) is 12.3. The Bertz CT molecular complexity index is 820. The average Bonchev–Trinajstić information content (AvgIpc) is 2.62. The summed E-state index contributed by atoms with van der Waals surface area (Å²) < 4.78 is 25.4. The van der Waals surface area contributed by atoms with Crippen molar-refractivity contribution in [2.45, 2.75) is 26.2 Å². The van der Waals surface area contributed by atoms with Gasteiger partial charge >= 0.3 is 0 Å². The molecule has 0 unspecified atom stereocenters. The lowest BCUT2D eigenvalue weighted by molar-refractivity contribution is -0.116. The van der Waals surface area contributed by atoms with Gasteiger partial charge in [-0.05, 0) is 30.0 Å². The number of hydrogen-bond donors (Lipinski definition) is 1. The lowest BCUT2D eigenvalue weighted by atomic mass is 10.1. The van der Waals surface area contributed by atoms with Crippen molar-refractivity contribution < 1.29 is 13.2 Å². The van der Waals surface area contributed by atoms with Crippen molar-refractivity contribution in [3.05, 3.63) is 65.7 Å². The van der Waals surface area contributed by atoms with Gasteiger partial charge in [0.1, 0.15) is 0 Å². The summed E-state index contributed by atoms with van der Waals surface area (Å²) in [6.07, 6.45) is 2.75. The Morgan fingerprint density at radius 1 is 1.00 bits per heavy atom. The minimum Gasteiger partial charge on any atom is -0.326 e. The molecule has 2 aromatic rings. The molecule has 0 spiro atoms. The Hall–Kier alpha value is -2.18. The van der Waals surface area contributed by atoms with Crippen LogP contribution in [0, 0.1) is 0 Å². The molecule has 0 bridgehead atoms. The van der Waals surface area contributed by atoms with Gasteiger partial charge < -0.3 is 5.32 Å². The van der Waals surface area contributed by atoms with Crippen LogP contribution in [-0.2, 0) is 27.7 Å². The van der Waals surface area contributed by atoms with Crippen molar-refractivity contribution in [2.24, 2.45) is 0 Å². The molecule has 1 N–H and O–H groups in total. The van der Waals surface area contributed by atoms with Gasteiger partial charge in [0.05, 0.1) is 6.26 Å². The molecule has 0 saturated carbocycles. The summed E-state index contributed by atoms with van der Waals surface area (Å²) >= 11 is 0. The fourth-order valence-corrected chi connectivity index (χ4v) is 3.58. The summed E-state index contributed by atoms with van der Waals surface area (Å²) in [5, 5.41) is 2.88. The second-order valence-corrected chi connectivity index (χ2v) is 8.19. The highest BCUT2D eigenvalue weighted by atomic mass is 32.2. The number of para-hydroxylation sites is 1. The van der Waals surface area contributed by atoms with Gasteiger partial charge in [-0.25, -0.2) is 12.7 Å². The highest BCUT2D eigenvalue weighted by Crippen LogP contribution is 2.16. The maximum absolute atomic E-state index is 12.3. The number of carbonyl (C=O) groups excluding carboxylic acids is 1. The third-order valence-electron chi connectivity index (χ3n) is 4.22. The maximum atomic E-state index is 12.3. The van der Waals surface area contributed by atoms with Gasteiger partial charge in [-0.3, -0.25) is 4.79 Å². The molecule has 140 valence electrons. The lowest BCUT2D eigenvalue weighted by Gasteiger charge is -2.20. The first-order valence-electron chi connectivity index (χ1n) is 8.77. The maximum Gasteiger partial charge on any atom is 0.225 e. The minimum atomic E-state index is -3.36. The van der Waals surface area contributed by atoms with Gasteiger partial charge in [0.25, 0.3) is 0 Å². The molecule has 0 aliphatic carbocycles. The van der Waals surface area contributed by atoms with Crippen LogP contribution in [0.1, 0.15) is 24.5 Å². The molecule has 0 fully saturated rings. The fourth-order valence-electron chi connectivity index (χ4n) is 2.73. The molecule has 2 aromatic carbocycles. The van der Waals surface area contributed by atoms with Crippen molar-refractivity contribution in [1.82, 2.24) is 4.31 Å². The molecule has 0 heterocycles. The van der Waals surface area contributed by atoms with Gasteiger partial charge in [0.15, 0.2) is 0 Å². The second-order valence-electron chi connectivity index (χ2n) is 6.21. The number of anilines is 1. The molecule has 0 radical (unpaired) electrons. The van der Waals surface area contributed by atoms with Crippen LogP contribution >= 0.6 is 0 Å². The quantitative estimate of drug-likeness (QED) is 0.733. The molecule has 0 aliphatic heterocycles. The van der Waals surface area contributed by atoms with E-state index in [1.807, 2.05) is 61.5 Å². The van der Waals surface area contributed by atoms with Crippen LogP contribution in [0.15, 0.2) is 54.6 Å². The zero-order valence-corrected chi connectivity index (χ0v) is 16.1. The Kier molecular flexibility index (Phi) is 7.36. The van der Waals surface area contributed by atoms with Crippen LogP contribution in [0.3, 0.4) is 0 Å². The number of benzene rings is 2. The van der Waals surface area contributed by atoms with E-state index in [4.69, 9.17) is 0 Å². The highest BCUT2D eigenvalue weighted by molar-refractivity contribution is 7.88. The van der Waals surface area contributed by atoms with Crippen molar-refractivity contribution in [3.63, 3.8) is 0 Å². The molecule has 0 saturated heterocycles. The van der Waals surface area contributed by atoms with E-state index in [9.17, 15) is 13.2 Å². The summed E-state index contributed by atoms with van der Waals surface area (Å²) in [6, 6.07) is 17.4. The third kappa shape index (κ3) is 6.28. The van der Waals surface area contributed by atoms with E-state index < -0.39 is 10.0 Å². The lowest BCUT2D eigenvalue weighted by Crippen LogP contribution is -2.34. The van der Waals surface area contributed by atoms with Crippen molar-refractivity contribution in [2.75, 3.05) is 24.7 Å². The molecule has 0 aromatic heterocycles. The van der Waals surface area contributed by atoms with Crippen LogP contribution in [-0.4, -0.2) is 38.0 Å². The SMILES string of the molecule is CCc1ccccc1NC(=O)CCN(CCc1ccccc1)S(C)(=O)=O. The van der Waals surface area contributed by atoms with E-state index >= 15 is 0 Å². The van der Waals surface area contributed by atoms with Crippen LogP contribution in [0.5, 0.6) is 0 Å². The van der Waals surface area contributed by atoms with E-state index in [0.29, 0.717) is 13.0 Å². The topological polar surface area (TPSA) is 66.5 Å². The average molecular weight is 375 g/mol. The number of aryl methyl sites for hydroxylation is 1. The monoisotopic (exact) mass is 374 g/mol. The van der Waals surface area contributed by atoms with E-state index in [0.717, 1.165) is 23.2 Å². The first-order valence-corrected chi connectivity index (χ1v) is 10.6. The van der Waals surface area contributed by atoms with E-state index in [2.05, 4.69) is 5.32 Å². The summed E-state index contributed by atoms with van der Waals surface area (Å²) in [7, 11) is -3.36. The van der Waals surface area contributed by atoms with Crippen molar-refractivity contribution in [3.8, 4) is 0 Å². The predicted octanol–water partition coefficient (Wildman–Crippen LogP) is 3.08. The van der Waals surface area contributed by atoms with E-state index in [-0.39, 0.29) is 18.9 Å². The highest BCUT2D eigenvalue weighted by Gasteiger charge is 2.18. The molecular formula is C20H26N2O3S. The molecular weight excluding hydrogens is 348 g/mol. The van der Waals surface area contributed by atoms with E-state index in [1.165, 1.54) is 10.6 Å². The first-order chi connectivity index (χ1) is 12.4. The Balaban J connectivity index is 1.93. The molecule has 26 heavy (non-hydrogen) atoms. The third-order valence-corrected chi connectivity index (χ3v) is 5.53. The molecule has 0 atom stereocenters.